The summed E-state index contributed by atoms with van der Waals surface area (Å²) in [5.74, 6) is -0.879. The van der Waals surface area contributed by atoms with Gasteiger partial charge in [-0.3, -0.25) is 9.00 Å². The number of hydrogen-bond acceptors (Lipinski definition) is 4. The Kier molecular flexibility index (Phi) is 7.20. The highest BCUT2D eigenvalue weighted by Crippen LogP contribution is 2.23. The van der Waals surface area contributed by atoms with Crippen LogP contribution >= 0.6 is 23.2 Å². The van der Waals surface area contributed by atoms with Gasteiger partial charge >= 0.3 is 5.97 Å². The van der Waals surface area contributed by atoms with E-state index >= 15 is 0 Å². The molecule has 1 N–H and O–H groups in total. The smallest absolute Gasteiger partial charge is 0.340 e. The van der Waals surface area contributed by atoms with Crippen LogP contribution in [0.15, 0.2) is 47.4 Å². The van der Waals surface area contributed by atoms with Crippen molar-refractivity contribution in [3.63, 3.8) is 0 Å². The molecule has 5 nitrogen and oxygen atoms in total. The first kappa shape index (κ1) is 20.4. The van der Waals surface area contributed by atoms with Gasteiger partial charge in [-0.15, -0.1) is 0 Å². The van der Waals surface area contributed by atoms with Crippen molar-refractivity contribution in [2.75, 3.05) is 11.1 Å². The first-order valence-corrected chi connectivity index (χ1v) is 9.84. The Morgan fingerprint density at radius 3 is 2.38 bits per heavy atom. The number of carbonyl (C=O) groups is 2. The number of esters is 1. The van der Waals surface area contributed by atoms with E-state index in [4.69, 9.17) is 27.9 Å². The second-order valence-corrected chi connectivity index (χ2v) is 7.91. The number of benzene rings is 2. The van der Waals surface area contributed by atoms with Crippen LogP contribution in [0.3, 0.4) is 0 Å². The van der Waals surface area contributed by atoms with Crippen LogP contribution in [-0.4, -0.2) is 27.9 Å². The lowest BCUT2D eigenvalue weighted by Crippen LogP contribution is -2.30. The van der Waals surface area contributed by atoms with Crippen LogP contribution in [0.25, 0.3) is 0 Å². The lowest BCUT2D eigenvalue weighted by atomic mass is 10.2. The summed E-state index contributed by atoms with van der Waals surface area (Å²) in [7, 11) is -1.32. The molecule has 0 heterocycles. The maximum Gasteiger partial charge on any atom is 0.340 e. The SMILES string of the molecule is CC[S@@](=O)c1ccccc1C(=O)O[C@H](C)C(=O)Nc1cc(Cl)cc(Cl)c1. The maximum absolute atomic E-state index is 12.4. The molecule has 0 saturated heterocycles. The third kappa shape index (κ3) is 5.30. The van der Waals surface area contributed by atoms with Crippen molar-refractivity contribution >= 4 is 51.6 Å². The van der Waals surface area contributed by atoms with Crippen molar-refractivity contribution in [2.45, 2.75) is 24.8 Å². The molecule has 0 fully saturated rings. The Bertz CT molecular complexity index is 837. The molecule has 1 amide bonds. The largest absolute Gasteiger partial charge is 0.449 e. The topological polar surface area (TPSA) is 72.5 Å². The fourth-order valence-electron chi connectivity index (χ4n) is 2.14. The Morgan fingerprint density at radius 2 is 1.77 bits per heavy atom. The zero-order valence-corrected chi connectivity index (χ0v) is 16.5. The molecule has 2 aromatic rings. The van der Waals surface area contributed by atoms with Gasteiger partial charge in [0.15, 0.2) is 6.10 Å². The normalized spacial score (nSPS) is 12.9. The van der Waals surface area contributed by atoms with E-state index in [2.05, 4.69) is 5.32 Å². The van der Waals surface area contributed by atoms with Crippen LogP contribution in [0.4, 0.5) is 5.69 Å². The monoisotopic (exact) mass is 413 g/mol. The molecule has 8 heteroatoms. The van der Waals surface area contributed by atoms with E-state index in [1.54, 1.807) is 25.1 Å². The minimum Gasteiger partial charge on any atom is -0.449 e. The van der Waals surface area contributed by atoms with Gasteiger partial charge in [0.25, 0.3) is 5.91 Å². The van der Waals surface area contributed by atoms with E-state index in [1.165, 1.54) is 31.2 Å². The highest BCUT2D eigenvalue weighted by molar-refractivity contribution is 7.85. The first-order chi connectivity index (χ1) is 12.3. The van der Waals surface area contributed by atoms with Crippen molar-refractivity contribution in [3.05, 3.63) is 58.1 Å². The van der Waals surface area contributed by atoms with Gasteiger partial charge in [0.1, 0.15) is 0 Å². The molecular formula is C18H17Cl2NO4S. The number of nitrogens with one attached hydrogen (secondary N) is 1. The van der Waals surface area contributed by atoms with E-state index in [0.29, 0.717) is 26.4 Å². The van der Waals surface area contributed by atoms with Crippen LogP contribution < -0.4 is 5.32 Å². The van der Waals surface area contributed by atoms with Crippen molar-refractivity contribution in [2.24, 2.45) is 0 Å². The molecular weight excluding hydrogens is 397 g/mol. The van der Waals surface area contributed by atoms with Crippen LogP contribution in [0.1, 0.15) is 24.2 Å². The Balaban J connectivity index is 2.09. The van der Waals surface area contributed by atoms with Crippen molar-refractivity contribution in [1.82, 2.24) is 0 Å². The number of ether oxygens (including phenoxy) is 1. The summed E-state index contributed by atoms with van der Waals surface area (Å²) in [5, 5.41) is 3.32. The summed E-state index contributed by atoms with van der Waals surface area (Å²) < 4.78 is 17.3. The third-order valence-electron chi connectivity index (χ3n) is 3.40. The Morgan fingerprint density at radius 1 is 1.15 bits per heavy atom. The van der Waals surface area contributed by atoms with Gasteiger partial charge in [0.05, 0.1) is 21.3 Å². The predicted molar refractivity (Wildman–Crippen MR) is 103 cm³/mol. The van der Waals surface area contributed by atoms with Gasteiger partial charge in [0, 0.05) is 21.5 Å². The van der Waals surface area contributed by atoms with Crippen LogP contribution in [0, 0.1) is 0 Å². The first-order valence-electron chi connectivity index (χ1n) is 7.77. The lowest BCUT2D eigenvalue weighted by molar-refractivity contribution is -0.123. The molecule has 26 heavy (non-hydrogen) atoms. The molecule has 0 radical (unpaired) electrons. The van der Waals surface area contributed by atoms with E-state index in [9.17, 15) is 13.8 Å². The van der Waals surface area contributed by atoms with Crippen LogP contribution in [0.5, 0.6) is 0 Å². The third-order valence-corrected chi connectivity index (χ3v) is 5.20. The van der Waals surface area contributed by atoms with Gasteiger partial charge in [-0.05, 0) is 37.3 Å². The Labute approximate surface area is 164 Å². The summed E-state index contributed by atoms with van der Waals surface area (Å²) in [6.45, 7) is 3.20. The fraction of sp³-hybridized carbons (Fsp3) is 0.222. The average Bonchev–Trinajstić information content (AvgIpc) is 2.59. The van der Waals surface area contributed by atoms with Gasteiger partial charge in [-0.25, -0.2) is 4.79 Å². The van der Waals surface area contributed by atoms with Gasteiger partial charge < -0.3 is 10.1 Å². The molecule has 0 aromatic heterocycles. The highest BCUT2D eigenvalue weighted by Gasteiger charge is 2.22. The predicted octanol–water partition coefficient (Wildman–Crippen LogP) is 4.30. The van der Waals surface area contributed by atoms with E-state index in [0.717, 1.165) is 0 Å². The van der Waals surface area contributed by atoms with Gasteiger partial charge in [0.2, 0.25) is 0 Å². The molecule has 0 bridgehead atoms. The molecule has 0 aliphatic rings. The summed E-state index contributed by atoms with van der Waals surface area (Å²) in [5.41, 5.74) is 0.570. The summed E-state index contributed by atoms with van der Waals surface area (Å²) in [6, 6.07) is 11.1. The van der Waals surface area contributed by atoms with Crippen molar-refractivity contribution in [1.29, 1.82) is 0 Å². The number of hydrogen-bond donors (Lipinski definition) is 1. The quantitative estimate of drug-likeness (QED) is 0.716. The Hall–Kier alpha value is -1.89. The fourth-order valence-corrected chi connectivity index (χ4v) is 3.60. The van der Waals surface area contributed by atoms with Crippen molar-refractivity contribution in [3.8, 4) is 0 Å². The summed E-state index contributed by atoms with van der Waals surface area (Å²) in [6.07, 6.45) is -1.07. The zero-order valence-electron chi connectivity index (χ0n) is 14.1. The zero-order chi connectivity index (χ0) is 19.3. The number of amides is 1. The second-order valence-electron chi connectivity index (χ2n) is 5.33. The average molecular weight is 414 g/mol. The molecule has 138 valence electrons. The number of halogens is 2. The number of carbonyl (C=O) groups excluding carboxylic acids is 2. The van der Waals surface area contributed by atoms with Crippen LogP contribution in [0.2, 0.25) is 10.0 Å². The molecule has 0 saturated carbocycles. The number of anilines is 1. The van der Waals surface area contributed by atoms with E-state index < -0.39 is 28.8 Å². The van der Waals surface area contributed by atoms with Gasteiger partial charge in [-0.2, -0.15) is 0 Å². The van der Waals surface area contributed by atoms with Gasteiger partial charge in [-0.1, -0.05) is 42.3 Å². The standard InChI is InChI=1S/C18H17Cl2NO4S/c1-3-26(24)16-7-5-4-6-15(16)18(23)25-11(2)17(22)21-14-9-12(19)8-13(20)10-14/h4-11H,3H2,1-2H3,(H,21,22)/t11-,26-/m1/s1. The molecule has 0 spiro atoms. The molecule has 2 aromatic carbocycles. The molecule has 2 atom stereocenters. The molecule has 0 aliphatic carbocycles. The second kappa shape index (κ2) is 9.16. The highest BCUT2D eigenvalue weighted by atomic mass is 35.5. The summed E-state index contributed by atoms with van der Waals surface area (Å²) in [4.78, 5) is 25.0. The van der Waals surface area contributed by atoms with E-state index in [-0.39, 0.29) is 5.56 Å². The minimum absolute atomic E-state index is 0.179. The molecule has 0 unspecified atom stereocenters. The molecule has 0 aliphatic heterocycles. The van der Waals surface area contributed by atoms with Crippen LogP contribution in [-0.2, 0) is 20.3 Å². The summed E-state index contributed by atoms with van der Waals surface area (Å²) >= 11 is 11.8. The lowest BCUT2D eigenvalue weighted by Gasteiger charge is -2.15. The van der Waals surface area contributed by atoms with E-state index in [1.807, 2.05) is 0 Å². The minimum atomic E-state index is -1.32. The number of rotatable bonds is 6. The maximum atomic E-state index is 12.4. The van der Waals surface area contributed by atoms with Crippen molar-refractivity contribution < 1.29 is 18.5 Å². The molecule has 2 rings (SSSR count).